The normalized spacial score (nSPS) is 28.2. The highest BCUT2D eigenvalue weighted by molar-refractivity contribution is 4.83. The third kappa shape index (κ3) is 4.49. The van der Waals surface area contributed by atoms with Crippen LogP contribution >= 0.6 is 0 Å². The minimum absolute atomic E-state index is 0.151. The van der Waals surface area contributed by atoms with Crippen LogP contribution in [0.2, 0.25) is 0 Å². The quantitative estimate of drug-likeness (QED) is 0.600. The van der Waals surface area contributed by atoms with Gasteiger partial charge in [-0.1, -0.05) is 13.3 Å². The molecule has 1 aliphatic carbocycles. The van der Waals surface area contributed by atoms with Crippen molar-refractivity contribution < 1.29 is 10.2 Å². The smallest absolute Gasteiger partial charge is 0.0693 e. The monoisotopic (exact) mass is 215 g/mol. The second-order valence-electron chi connectivity index (χ2n) is 4.68. The zero-order valence-corrected chi connectivity index (χ0v) is 9.78. The highest BCUT2D eigenvalue weighted by atomic mass is 16.3. The average molecular weight is 215 g/mol. The molecule has 3 atom stereocenters. The van der Waals surface area contributed by atoms with E-state index in [1.54, 1.807) is 0 Å². The van der Waals surface area contributed by atoms with E-state index in [2.05, 4.69) is 12.2 Å². The lowest BCUT2D eigenvalue weighted by Gasteiger charge is -2.21. The summed E-state index contributed by atoms with van der Waals surface area (Å²) >= 11 is 0. The number of rotatable bonds is 7. The summed E-state index contributed by atoms with van der Waals surface area (Å²) in [5.41, 5.74) is 0. The van der Waals surface area contributed by atoms with Gasteiger partial charge in [0, 0.05) is 12.6 Å². The Labute approximate surface area is 92.9 Å². The molecule has 1 aliphatic rings. The van der Waals surface area contributed by atoms with E-state index in [1.165, 1.54) is 6.42 Å². The van der Waals surface area contributed by atoms with Crippen LogP contribution in [0.3, 0.4) is 0 Å². The Kier molecular flexibility index (Phi) is 6.22. The highest BCUT2D eigenvalue weighted by Gasteiger charge is 2.24. The predicted octanol–water partition coefficient (Wildman–Crippen LogP) is 1.29. The number of aliphatic hydroxyl groups is 2. The van der Waals surface area contributed by atoms with E-state index in [9.17, 15) is 5.11 Å². The standard InChI is InChI=1S/C12H25NO2/c1-2-4-10(7-8-14)9-13-11-5-3-6-12(11)15/h10-15H,2-9H2,1H3/t10?,11-,12-/m1/s1. The van der Waals surface area contributed by atoms with Crippen LogP contribution < -0.4 is 5.32 Å². The maximum absolute atomic E-state index is 9.65. The van der Waals surface area contributed by atoms with E-state index in [4.69, 9.17) is 5.11 Å². The van der Waals surface area contributed by atoms with Crippen LogP contribution in [0.4, 0.5) is 0 Å². The molecule has 3 N–H and O–H groups in total. The molecule has 1 unspecified atom stereocenters. The van der Waals surface area contributed by atoms with E-state index in [-0.39, 0.29) is 12.7 Å². The SMILES string of the molecule is CCCC(CCO)CN[C@@H]1CCC[C@H]1O. The number of nitrogens with one attached hydrogen (secondary N) is 1. The van der Waals surface area contributed by atoms with Gasteiger partial charge in [-0.25, -0.2) is 0 Å². The molecular formula is C12H25NO2. The lowest BCUT2D eigenvalue weighted by atomic mass is 9.99. The molecule has 0 aromatic carbocycles. The molecule has 0 amide bonds. The molecule has 1 rings (SSSR count). The molecule has 0 aromatic heterocycles. The highest BCUT2D eigenvalue weighted by Crippen LogP contribution is 2.19. The first-order chi connectivity index (χ1) is 7.27. The third-order valence-electron chi connectivity index (χ3n) is 3.38. The van der Waals surface area contributed by atoms with E-state index in [1.807, 2.05) is 0 Å². The van der Waals surface area contributed by atoms with Crippen molar-refractivity contribution in [3.8, 4) is 0 Å². The first-order valence-corrected chi connectivity index (χ1v) is 6.30. The van der Waals surface area contributed by atoms with E-state index in [0.29, 0.717) is 12.0 Å². The summed E-state index contributed by atoms with van der Waals surface area (Å²) in [4.78, 5) is 0. The maximum Gasteiger partial charge on any atom is 0.0693 e. The maximum atomic E-state index is 9.65. The molecule has 3 nitrogen and oxygen atoms in total. The van der Waals surface area contributed by atoms with Gasteiger partial charge in [0.15, 0.2) is 0 Å². The molecule has 0 spiro atoms. The van der Waals surface area contributed by atoms with Crippen molar-refractivity contribution >= 4 is 0 Å². The topological polar surface area (TPSA) is 52.5 Å². The van der Waals surface area contributed by atoms with Crippen molar-refractivity contribution in [3.63, 3.8) is 0 Å². The van der Waals surface area contributed by atoms with Gasteiger partial charge in [-0.15, -0.1) is 0 Å². The van der Waals surface area contributed by atoms with Gasteiger partial charge in [-0.05, 0) is 44.6 Å². The average Bonchev–Trinajstić information content (AvgIpc) is 2.61. The van der Waals surface area contributed by atoms with E-state index < -0.39 is 0 Å². The van der Waals surface area contributed by atoms with Crippen molar-refractivity contribution in [1.82, 2.24) is 5.32 Å². The molecule has 0 heterocycles. The molecule has 0 bridgehead atoms. The van der Waals surface area contributed by atoms with Gasteiger partial charge >= 0.3 is 0 Å². The summed E-state index contributed by atoms with van der Waals surface area (Å²) in [5, 5.41) is 22.0. The fourth-order valence-electron chi connectivity index (χ4n) is 2.44. The van der Waals surface area contributed by atoms with Crippen LogP contribution in [-0.4, -0.2) is 35.5 Å². The minimum Gasteiger partial charge on any atom is -0.396 e. The Morgan fingerprint density at radius 1 is 1.33 bits per heavy atom. The molecule has 3 heteroatoms. The van der Waals surface area contributed by atoms with Gasteiger partial charge < -0.3 is 15.5 Å². The zero-order valence-electron chi connectivity index (χ0n) is 9.78. The fourth-order valence-corrected chi connectivity index (χ4v) is 2.44. The lowest BCUT2D eigenvalue weighted by molar-refractivity contribution is 0.144. The Hall–Kier alpha value is -0.120. The Balaban J connectivity index is 2.19. The number of hydrogen-bond donors (Lipinski definition) is 3. The first-order valence-electron chi connectivity index (χ1n) is 6.30. The second kappa shape index (κ2) is 7.20. The van der Waals surface area contributed by atoms with Gasteiger partial charge in [0.2, 0.25) is 0 Å². The third-order valence-corrected chi connectivity index (χ3v) is 3.38. The molecule has 1 fully saturated rings. The first kappa shape index (κ1) is 12.9. The van der Waals surface area contributed by atoms with Crippen LogP contribution in [0, 0.1) is 5.92 Å². The zero-order chi connectivity index (χ0) is 11.1. The summed E-state index contributed by atoms with van der Waals surface area (Å²) < 4.78 is 0. The molecule has 90 valence electrons. The Morgan fingerprint density at radius 3 is 2.67 bits per heavy atom. The van der Waals surface area contributed by atoms with Crippen molar-refractivity contribution in [2.24, 2.45) is 5.92 Å². The van der Waals surface area contributed by atoms with Crippen LogP contribution in [0.25, 0.3) is 0 Å². The fraction of sp³-hybridized carbons (Fsp3) is 1.00. The Morgan fingerprint density at radius 2 is 2.13 bits per heavy atom. The molecule has 1 saturated carbocycles. The molecule has 15 heavy (non-hydrogen) atoms. The van der Waals surface area contributed by atoms with E-state index in [0.717, 1.165) is 38.6 Å². The van der Waals surface area contributed by atoms with Crippen molar-refractivity contribution in [3.05, 3.63) is 0 Å². The molecule has 0 radical (unpaired) electrons. The van der Waals surface area contributed by atoms with Gasteiger partial charge in [-0.3, -0.25) is 0 Å². The number of aliphatic hydroxyl groups excluding tert-OH is 2. The summed E-state index contributed by atoms with van der Waals surface area (Å²) in [6, 6.07) is 0.294. The summed E-state index contributed by atoms with van der Waals surface area (Å²) in [7, 11) is 0. The summed E-state index contributed by atoms with van der Waals surface area (Å²) in [6.07, 6.45) is 6.23. The van der Waals surface area contributed by atoms with Crippen molar-refractivity contribution in [2.45, 2.75) is 57.6 Å². The van der Waals surface area contributed by atoms with Crippen LogP contribution in [0.5, 0.6) is 0 Å². The van der Waals surface area contributed by atoms with Crippen LogP contribution in [0.1, 0.15) is 45.4 Å². The second-order valence-corrected chi connectivity index (χ2v) is 4.68. The summed E-state index contributed by atoms with van der Waals surface area (Å²) in [5.74, 6) is 0.563. The van der Waals surface area contributed by atoms with Crippen molar-refractivity contribution in [1.29, 1.82) is 0 Å². The molecule has 0 saturated heterocycles. The number of hydrogen-bond acceptors (Lipinski definition) is 3. The van der Waals surface area contributed by atoms with Gasteiger partial charge in [0.25, 0.3) is 0 Å². The predicted molar refractivity (Wildman–Crippen MR) is 61.7 cm³/mol. The van der Waals surface area contributed by atoms with Gasteiger partial charge in [-0.2, -0.15) is 0 Å². The van der Waals surface area contributed by atoms with Crippen molar-refractivity contribution in [2.75, 3.05) is 13.2 Å². The van der Waals surface area contributed by atoms with E-state index >= 15 is 0 Å². The molecular weight excluding hydrogens is 190 g/mol. The van der Waals surface area contributed by atoms with Gasteiger partial charge in [0.1, 0.15) is 0 Å². The van der Waals surface area contributed by atoms with Crippen LogP contribution in [0.15, 0.2) is 0 Å². The molecule has 0 aliphatic heterocycles. The van der Waals surface area contributed by atoms with Crippen LogP contribution in [-0.2, 0) is 0 Å². The lowest BCUT2D eigenvalue weighted by Crippen LogP contribution is -2.38. The van der Waals surface area contributed by atoms with Gasteiger partial charge in [0.05, 0.1) is 6.10 Å². The summed E-state index contributed by atoms with van der Waals surface area (Å²) in [6.45, 7) is 3.39. The molecule has 0 aromatic rings. The Bertz CT molecular complexity index is 158. The largest absolute Gasteiger partial charge is 0.396 e. The minimum atomic E-state index is -0.151.